The van der Waals surface area contributed by atoms with Crippen LogP contribution in [0, 0.1) is 19.8 Å². The fourth-order valence-electron chi connectivity index (χ4n) is 6.24. The largest absolute Gasteiger partial charge is 0.353 e. The van der Waals surface area contributed by atoms with Crippen LogP contribution in [0.4, 0.5) is 23.4 Å². The van der Waals surface area contributed by atoms with Gasteiger partial charge in [-0.1, -0.05) is 18.2 Å². The normalized spacial score (nSPS) is 22.3. The molecule has 11 heteroatoms. The molecule has 5 N–H and O–H groups in total. The van der Waals surface area contributed by atoms with Gasteiger partial charge in [-0.2, -0.15) is 4.98 Å². The van der Waals surface area contributed by atoms with E-state index in [1.54, 1.807) is 6.20 Å². The van der Waals surface area contributed by atoms with Crippen molar-refractivity contribution < 1.29 is 0 Å². The number of nitrogens with two attached hydrogens (primary N) is 1. The molecule has 1 atom stereocenters. The summed E-state index contributed by atoms with van der Waals surface area (Å²) in [6.07, 6.45) is 4.37. The van der Waals surface area contributed by atoms with E-state index in [9.17, 15) is 0 Å². The molecule has 2 saturated heterocycles. The number of hydrogen-bond donors (Lipinski definition) is 4. The molecule has 39 heavy (non-hydrogen) atoms. The number of piperazine rings is 1. The van der Waals surface area contributed by atoms with Gasteiger partial charge in [-0.15, -0.1) is 10.2 Å². The summed E-state index contributed by atoms with van der Waals surface area (Å²) in [5.41, 5.74) is 13.5. The van der Waals surface area contributed by atoms with Crippen LogP contribution in [0.1, 0.15) is 35.1 Å². The SMILES string of the molecule is Cc1cccc(C)c1C1(N)NN(C)c2nc(Nc3ccc(N4CCN(CC5CCNCC5)CC4)nn3)ncc21. The monoisotopic (exact) mass is 529 g/mol. The molecule has 5 heterocycles. The van der Waals surface area contributed by atoms with E-state index in [0.717, 1.165) is 79.1 Å². The van der Waals surface area contributed by atoms with Gasteiger partial charge < -0.3 is 21.3 Å². The highest BCUT2D eigenvalue weighted by atomic mass is 15.6. The molecule has 3 aromatic rings. The van der Waals surface area contributed by atoms with Crippen LogP contribution < -0.4 is 31.7 Å². The molecule has 0 saturated carbocycles. The van der Waals surface area contributed by atoms with Crippen LogP contribution in [-0.4, -0.2) is 77.9 Å². The molecule has 0 amide bonds. The summed E-state index contributed by atoms with van der Waals surface area (Å²) >= 11 is 0. The van der Waals surface area contributed by atoms with Crippen LogP contribution in [-0.2, 0) is 5.66 Å². The molecule has 2 fully saturated rings. The van der Waals surface area contributed by atoms with Gasteiger partial charge in [0.05, 0.1) is 5.56 Å². The minimum absolute atomic E-state index is 0.446. The molecule has 6 rings (SSSR count). The first-order valence-corrected chi connectivity index (χ1v) is 13.9. The maximum atomic E-state index is 6.94. The lowest BCUT2D eigenvalue weighted by atomic mass is 9.88. The van der Waals surface area contributed by atoms with E-state index in [4.69, 9.17) is 10.7 Å². The Kier molecular flexibility index (Phi) is 7.06. The second-order valence-electron chi connectivity index (χ2n) is 11.1. The van der Waals surface area contributed by atoms with Crippen molar-refractivity contribution >= 4 is 23.4 Å². The molecule has 0 radical (unpaired) electrons. The summed E-state index contributed by atoms with van der Waals surface area (Å²) in [6, 6.07) is 10.1. The molecule has 2 aromatic heterocycles. The predicted molar refractivity (Wildman–Crippen MR) is 154 cm³/mol. The second-order valence-corrected chi connectivity index (χ2v) is 11.1. The van der Waals surface area contributed by atoms with Gasteiger partial charge in [-0.05, 0) is 74.5 Å². The third-order valence-corrected chi connectivity index (χ3v) is 8.29. The number of nitrogens with one attached hydrogen (secondary N) is 3. The number of anilines is 4. The smallest absolute Gasteiger partial charge is 0.230 e. The van der Waals surface area contributed by atoms with Gasteiger partial charge in [-0.3, -0.25) is 9.91 Å². The number of benzene rings is 1. The molecular weight excluding hydrogens is 490 g/mol. The first kappa shape index (κ1) is 25.9. The Morgan fingerprint density at radius 1 is 1.03 bits per heavy atom. The van der Waals surface area contributed by atoms with E-state index in [2.05, 4.69) is 67.0 Å². The van der Waals surface area contributed by atoms with Gasteiger partial charge in [-0.25, -0.2) is 10.4 Å². The van der Waals surface area contributed by atoms with Crippen molar-refractivity contribution in [2.75, 3.05) is 68.1 Å². The molecule has 0 bridgehead atoms. The lowest BCUT2D eigenvalue weighted by Gasteiger charge is -2.37. The number of nitrogens with zero attached hydrogens (tertiary/aromatic N) is 7. The Balaban J connectivity index is 1.10. The number of hydrogen-bond acceptors (Lipinski definition) is 11. The highest BCUT2D eigenvalue weighted by molar-refractivity contribution is 5.62. The zero-order valence-corrected chi connectivity index (χ0v) is 23.1. The maximum absolute atomic E-state index is 6.94. The van der Waals surface area contributed by atoms with Crippen molar-refractivity contribution in [3.8, 4) is 0 Å². The molecular formula is C28H39N11. The van der Waals surface area contributed by atoms with Gasteiger partial charge in [0.15, 0.2) is 17.5 Å². The maximum Gasteiger partial charge on any atom is 0.230 e. The average Bonchev–Trinajstić information content (AvgIpc) is 3.19. The van der Waals surface area contributed by atoms with E-state index in [1.165, 1.54) is 19.4 Å². The number of hydrazine groups is 1. The molecule has 0 spiro atoms. The van der Waals surface area contributed by atoms with Gasteiger partial charge in [0.25, 0.3) is 0 Å². The van der Waals surface area contributed by atoms with Crippen molar-refractivity contribution in [1.82, 2.24) is 35.8 Å². The van der Waals surface area contributed by atoms with Crippen molar-refractivity contribution in [3.63, 3.8) is 0 Å². The average molecular weight is 530 g/mol. The molecule has 1 unspecified atom stereocenters. The van der Waals surface area contributed by atoms with Crippen LogP contribution in [0.5, 0.6) is 0 Å². The van der Waals surface area contributed by atoms with Crippen molar-refractivity contribution in [1.29, 1.82) is 0 Å². The van der Waals surface area contributed by atoms with Crippen molar-refractivity contribution in [2.45, 2.75) is 32.4 Å². The van der Waals surface area contributed by atoms with E-state index < -0.39 is 5.66 Å². The molecule has 3 aliphatic heterocycles. The number of aromatic nitrogens is 4. The van der Waals surface area contributed by atoms with E-state index >= 15 is 0 Å². The summed E-state index contributed by atoms with van der Waals surface area (Å²) in [6.45, 7) is 11.8. The van der Waals surface area contributed by atoms with Gasteiger partial charge >= 0.3 is 0 Å². The van der Waals surface area contributed by atoms with Gasteiger partial charge in [0.1, 0.15) is 5.66 Å². The third kappa shape index (κ3) is 5.14. The summed E-state index contributed by atoms with van der Waals surface area (Å²) < 4.78 is 0. The van der Waals surface area contributed by atoms with Gasteiger partial charge in [0, 0.05) is 46.0 Å². The molecule has 206 valence electrons. The molecule has 11 nitrogen and oxygen atoms in total. The van der Waals surface area contributed by atoms with Crippen LogP contribution in [0.15, 0.2) is 36.5 Å². The number of rotatable bonds is 6. The summed E-state index contributed by atoms with van der Waals surface area (Å²) in [7, 11) is 1.92. The van der Waals surface area contributed by atoms with E-state index in [1.807, 2.05) is 30.3 Å². The van der Waals surface area contributed by atoms with Crippen LogP contribution in [0.25, 0.3) is 0 Å². The van der Waals surface area contributed by atoms with Crippen molar-refractivity contribution in [2.24, 2.45) is 11.7 Å². The Morgan fingerprint density at radius 2 is 1.77 bits per heavy atom. The number of fused-ring (bicyclic) bond motifs is 1. The van der Waals surface area contributed by atoms with Crippen LogP contribution in [0.3, 0.4) is 0 Å². The summed E-state index contributed by atoms with van der Waals surface area (Å²) in [5.74, 6) is 3.51. The number of piperidine rings is 1. The molecule has 0 aliphatic carbocycles. The van der Waals surface area contributed by atoms with Crippen molar-refractivity contribution in [3.05, 3.63) is 58.8 Å². The Hall–Kier alpha value is -3.38. The topological polar surface area (TPSA) is 123 Å². The fourth-order valence-corrected chi connectivity index (χ4v) is 6.24. The predicted octanol–water partition coefficient (Wildman–Crippen LogP) is 1.86. The quantitative estimate of drug-likeness (QED) is 0.374. The minimum atomic E-state index is -0.906. The first-order valence-electron chi connectivity index (χ1n) is 13.9. The Morgan fingerprint density at radius 3 is 2.46 bits per heavy atom. The zero-order valence-electron chi connectivity index (χ0n) is 23.1. The summed E-state index contributed by atoms with van der Waals surface area (Å²) in [5, 5.41) is 17.4. The standard InChI is InChI=1S/C28H39N11/c1-19-5-4-6-20(2)25(19)28(29)22-17-31-27(33-26(22)37(3)36-28)32-23-7-8-24(35-34-23)39-15-13-38(14-16-39)18-21-9-11-30-12-10-21/h4-8,17,21,30,36H,9-16,18,29H2,1-3H3,(H,31,32,33,34). The van der Waals surface area contributed by atoms with Gasteiger partial charge in [0.2, 0.25) is 5.95 Å². The number of aryl methyl sites for hydroxylation is 2. The van der Waals surface area contributed by atoms with E-state index in [-0.39, 0.29) is 0 Å². The summed E-state index contributed by atoms with van der Waals surface area (Å²) in [4.78, 5) is 14.2. The fraction of sp³-hybridized carbons (Fsp3) is 0.500. The highest BCUT2D eigenvalue weighted by Gasteiger charge is 2.43. The Bertz CT molecular complexity index is 1280. The van der Waals surface area contributed by atoms with Crippen LogP contribution >= 0.6 is 0 Å². The first-order chi connectivity index (χ1) is 18.9. The Labute approximate surface area is 230 Å². The molecule has 1 aromatic carbocycles. The highest BCUT2D eigenvalue weighted by Crippen LogP contribution is 2.39. The minimum Gasteiger partial charge on any atom is -0.353 e. The van der Waals surface area contributed by atoms with Crippen LogP contribution in [0.2, 0.25) is 0 Å². The lowest BCUT2D eigenvalue weighted by Crippen LogP contribution is -2.52. The lowest BCUT2D eigenvalue weighted by molar-refractivity contribution is 0.196. The molecule has 3 aliphatic rings. The second kappa shape index (κ2) is 10.6. The van der Waals surface area contributed by atoms with E-state index in [0.29, 0.717) is 11.8 Å². The third-order valence-electron chi connectivity index (χ3n) is 8.29. The zero-order chi connectivity index (χ0) is 27.0.